The van der Waals surface area contributed by atoms with Crippen molar-refractivity contribution in [1.82, 2.24) is 34.4 Å². The molecule has 12 heteroatoms. The minimum absolute atomic E-state index is 0.252. The summed E-state index contributed by atoms with van der Waals surface area (Å²) in [5.74, 6) is 1.41. The summed E-state index contributed by atoms with van der Waals surface area (Å²) in [6, 6.07) is 9.94. The van der Waals surface area contributed by atoms with Gasteiger partial charge in [0.1, 0.15) is 41.0 Å². The second-order valence-electron chi connectivity index (χ2n) is 7.55. The molecule has 3 N–H and O–H groups in total. The van der Waals surface area contributed by atoms with Crippen molar-refractivity contribution in [3.05, 3.63) is 89.3 Å². The van der Waals surface area contributed by atoms with Crippen LogP contribution < -0.4 is 21.5 Å². The number of amides is 1. The van der Waals surface area contributed by atoms with E-state index >= 15 is 0 Å². The van der Waals surface area contributed by atoms with E-state index in [2.05, 4.69) is 36.0 Å². The number of oxazole rings is 1. The molecule has 12 nitrogen and oxygen atoms in total. The van der Waals surface area contributed by atoms with Gasteiger partial charge in [-0.1, -0.05) is 6.07 Å². The first-order valence-electron chi connectivity index (χ1n) is 10.7. The number of aromatic nitrogens is 6. The summed E-state index contributed by atoms with van der Waals surface area (Å²) in [5, 5.41) is 13.2. The van der Waals surface area contributed by atoms with Crippen LogP contribution in [0.4, 0.5) is 17.3 Å². The Bertz CT molecular complexity index is 1540. The van der Waals surface area contributed by atoms with Gasteiger partial charge in [0.15, 0.2) is 5.65 Å². The fraction of sp³-hybridized carbons (Fsp3) is 0.130. The van der Waals surface area contributed by atoms with Crippen molar-refractivity contribution in [3.63, 3.8) is 0 Å². The van der Waals surface area contributed by atoms with E-state index in [1.54, 1.807) is 62.8 Å². The number of nitrogens with zero attached hydrogens (tertiary/aromatic N) is 6. The van der Waals surface area contributed by atoms with Crippen molar-refractivity contribution < 1.29 is 9.21 Å². The van der Waals surface area contributed by atoms with E-state index in [-0.39, 0.29) is 11.1 Å². The van der Waals surface area contributed by atoms with Crippen LogP contribution in [-0.4, -0.2) is 42.1 Å². The van der Waals surface area contributed by atoms with Crippen LogP contribution in [0.2, 0.25) is 0 Å². The highest BCUT2D eigenvalue weighted by atomic mass is 16.3. The number of nitrogens with one attached hydrogen (secondary N) is 3. The molecule has 176 valence electrons. The third-order valence-electron chi connectivity index (χ3n) is 5.25. The van der Waals surface area contributed by atoms with Crippen LogP contribution >= 0.6 is 0 Å². The molecule has 0 unspecified atom stereocenters. The van der Waals surface area contributed by atoms with Crippen molar-refractivity contribution in [2.24, 2.45) is 0 Å². The average molecular weight is 471 g/mol. The zero-order valence-electron chi connectivity index (χ0n) is 18.8. The van der Waals surface area contributed by atoms with Crippen molar-refractivity contribution in [2.75, 3.05) is 17.7 Å². The molecular weight excluding hydrogens is 450 g/mol. The number of carbonyl (C=O) groups is 1. The Labute approximate surface area is 198 Å². The molecule has 0 aromatic carbocycles. The number of fused-ring (bicyclic) bond motifs is 1. The summed E-state index contributed by atoms with van der Waals surface area (Å²) >= 11 is 0. The number of anilines is 3. The maximum Gasteiger partial charge on any atom is 0.279 e. The Kier molecular flexibility index (Phi) is 5.67. The zero-order valence-corrected chi connectivity index (χ0v) is 18.8. The lowest BCUT2D eigenvalue weighted by molar-refractivity contribution is 0.0935. The number of hydrogen-bond donors (Lipinski definition) is 3. The molecule has 0 aliphatic carbocycles. The third-order valence-corrected chi connectivity index (χ3v) is 5.25. The predicted molar refractivity (Wildman–Crippen MR) is 128 cm³/mol. The maximum absolute atomic E-state index is 13.1. The van der Waals surface area contributed by atoms with Gasteiger partial charge in [-0.15, -0.1) is 0 Å². The number of carbonyl (C=O) groups excluding carboxylic acids is 1. The Morgan fingerprint density at radius 3 is 2.77 bits per heavy atom. The lowest BCUT2D eigenvalue weighted by Crippen LogP contribution is -2.27. The Hall–Kier alpha value is -5.00. The van der Waals surface area contributed by atoms with Crippen LogP contribution in [0.3, 0.4) is 0 Å². The van der Waals surface area contributed by atoms with E-state index in [9.17, 15) is 9.59 Å². The van der Waals surface area contributed by atoms with Crippen LogP contribution in [0.5, 0.6) is 0 Å². The molecule has 5 heterocycles. The molecule has 1 atom stereocenters. The maximum atomic E-state index is 13.1. The normalized spacial score (nSPS) is 11.8. The van der Waals surface area contributed by atoms with Gasteiger partial charge in [-0.05, 0) is 31.2 Å². The van der Waals surface area contributed by atoms with Crippen molar-refractivity contribution in [2.45, 2.75) is 13.0 Å². The van der Waals surface area contributed by atoms with Gasteiger partial charge in [0.05, 0.1) is 12.4 Å². The SMILES string of the molecule is CNc1cc(Nc2cccn(-c3ccccn3)c2=O)nc2c(C(=O)N[C@@H](C)c3ncco3)cnn12. The zero-order chi connectivity index (χ0) is 24.4. The Morgan fingerprint density at radius 1 is 1.14 bits per heavy atom. The van der Waals surface area contributed by atoms with E-state index in [1.165, 1.54) is 27.7 Å². The highest BCUT2D eigenvalue weighted by Crippen LogP contribution is 2.21. The largest absolute Gasteiger partial charge is 0.447 e. The highest BCUT2D eigenvalue weighted by molar-refractivity contribution is 6.00. The summed E-state index contributed by atoms with van der Waals surface area (Å²) in [6.07, 6.45) is 7.64. The molecule has 35 heavy (non-hydrogen) atoms. The summed E-state index contributed by atoms with van der Waals surface area (Å²) in [5.41, 5.74) is 0.546. The average Bonchev–Trinajstić information content (AvgIpc) is 3.56. The topological polar surface area (TPSA) is 144 Å². The van der Waals surface area contributed by atoms with Gasteiger partial charge < -0.3 is 20.4 Å². The number of pyridine rings is 2. The number of hydrogen-bond acceptors (Lipinski definition) is 9. The molecule has 1 amide bonds. The Morgan fingerprint density at radius 2 is 2.03 bits per heavy atom. The molecular formula is C23H21N9O3. The van der Waals surface area contributed by atoms with Crippen LogP contribution in [-0.2, 0) is 0 Å². The molecule has 0 bridgehead atoms. The molecule has 5 rings (SSSR count). The molecule has 0 aliphatic rings. The molecule has 0 radical (unpaired) electrons. The standard InChI is InChI=1S/C23H21N9O3/c1-14(22-26-9-11-35-22)28-21(33)15-13-27-32-19(24-2)12-17(30-20(15)32)29-16-6-5-10-31(23(16)34)18-7-3-4-8-25-18/h3-14,24H,1-2H3,(H,28,33)(H,29,30)/t14-/m0/s1. The molecule has 5 aromatic rings. The van der Waals surface area contributed by atoms with Crippen LogP contribution in [0, 0.1) is 0 Å². The fourth-order valence-electron chi connectivity index (χ4n) is 3.55. The molecule has 0 fully saturated rings. The van der Waals surface area contributed by atoms with E-state index in [4.69, 9.17) is 4.42 Å². The molecule has 0 saturated carbocycles. The highest BCUT2D eigenvalue weighted by Gasteiger charge is 2.21. The lowest BCUT2D eigenvalue weighted by atomic mass is 10.2. The van der Waals surface area contributed by atoms with Crippen LogP contribution in [0.1, 0.15) is 29.2 Å². The van der Waals surface area contributed by atoms with Crippen LogP contribution in [0.15, 0.2) is 76.7 Å². The second kappa shape index (κ2) is 9.09. The van der Waals surface area contributed by atoms with Gasteiger partial charge in [0.2, 0.25) is 5.89 Å². The van der Waals surface area contributed by atoms with Crippen molar-refractivity contribution >= 4 is 28.9 Å². The lowest BCUT2D eigenvalue weighted by Gasteiger charge is -2.12. The van der Waals surface area contributed by atoms with E-state index in [1.807, 2.05) is 0 Å². The second-order valence-corrected chi connectivity index (χ2v) is 7.55. The summed E-state index contributed by atoms with van der Waals surface area (Å²) < 4.78 is 8.20. The van der Waals surface area contributed by atoms with Gasteiger partial charge in [0, 0.05) is 25.5 Å². The summed E-state index contributed by atoms with van der Waals surface area (Å²) in [7, 11) is 1.72. The van der Waals surface area contributed by atoms with E-state index in [0.29, 0.717) is 34.7 Å². The molecule has 0 saturated heterocycles. The van der Waals surface area contributed by atoms with E-state index in [0.717, 1.165) is 0 Å². The van der Waals surface area contributed by atoms with Gasteiger partial charge >= 0.3 is 0 Å². The van der Waals surface area contributed by atoms with Gasteiger partial charge in [-0.2, -0.15) is 9.61 Å². The molecule has 0 spiro atoms. The van der Waals surface area contributed by atoms with Gasteiger partial charge in [0.25, 0.3) is 11.5 Å². The fourth-order valence-corrected chi connectivity index (χ4v) is 3.55. The van der Waals surface area contributed by atoms with Gasteiger partial charge in [-0.3, -0.25) is 14.2 Å². The Balaban J connectivity index is 1.49. The molecule has 0 aliphatic heterocycles. The van der Waals surface area contributed by atoms with Gasteiger partial charge in [-0.25, -0.2) is 15.0 Å². The monoisotopic (exact) mass is 471 g/mol. The predicted octanol–water partition coefficient (Wildman–Crippen LogP) is 2.54. The molecule has 5 aromatic heterocycles. The number of rotatable bonds is 7. The minimum Gasteiger partial charge on any atom is -0.447 e. The first kappa shape index (κ1) is 21.8. The summed E-state index contributed by atoms with van der Waals surface area (Å²) in [4.78, 5) is 38.9. The quantitative estimate of drug-likeness (QED) is 0.326. The first-order chi connectivity index (χ1) is 17.0. The van der Waals surface area contributed by atoms with E-state index < -0.39 is 11.9 Å². The minimum atomic E-state index is -0.452. The van der Waals surface area contributed by atoms with Crippen molar-refractivity contribution in [1.29, 1.82) is 0 Å². The van der Waals surface area contributed by atoms with Crippen LogP contribution in [0.25, 0.3) is 11.5 Å². The summed E-state index contributed by atoms with van der Waals surface area (Å²) in [6.45, 7) is 1.76. The smallest absolute Gasteiger partial charge is 0.279 e. The first-order valence-corrected chi connectivity index (χ1v) is 10.7. The van der Waals surface area contributed by atoms with Crippen molar-refractivity contribution in [3.8, 4) is 5.82 Å². The third kappa shape index (κ3) is 4.19.